The van der Waals surface area contributed by atoms with Crippen LogP contribution in [0.5, 0.6) is 0 Å². The lowest BCUT2D eigenvalue weighted by molar-refractivity contribution is 1.20. The third-order valence-corrected chi connectivity index (χ3v) is 2.90. The van der Waals surface area contributed by atoms with Gasteiger partial charge in [-0.1, -0.05) is 12.1 Å². The van der Waals surface area contributed by atoms with Crippen LogP contribution in [-0.2, 0) is 0 Å². The third-order valence-electron chi connectivity index (χ3n) is 2.90. The van der Waals surface area contributed by atoms with Crippen molar-refractivity contribution in [2.24, 2.45) is 0 Å². The molecule has 0 atom stereocenters. The largest absolute Gasteiger partial charge is 0.397 e. The molecule has 0 unspecified atom stereocenters. The lowest BCUT2D eigenvalue weighted by atomic mass is 10.1. The molecule has 2 N–H and O–H groups in total. The van der Waals surface area contributed by atoms with Gasteiger partial charge in [0.15, 0.2) is 0 Å². The molecule has 2 rings (SSSR count). The Balaban J connectivity index is 2.48. The summed E-state index contributed by atoms with van der Waals surface area (Å²) in [7, 11) is 1.84. The molecule has 0 saturated heterocycles. The van der Waals surface area contributed by atoms with E-state index in [1.54, 1.807) is 24.3 Å². The van der Waals surface area contributed by atoms with Gasteiger partial charge in [-0.05, 0) is 30.3 Å². The Morgan fingerprint density at radius 1 is 1.00 bits per heavy atom. The molecule has 92 valence electrons. The number of benzene rings is 2. The van der Waals surface area contributed by atoms with E-state index in [1.165, 1.54) is 0 Å². The van der Waals surface area contributed by atoms with Crippen LogP contribution in [0.15, 0.2) is 42.5 Å². The highest BCUT2D eigenvalue weighted by atomic mass is 15.1. The normalized spacial score (nSPS) is 9.42. The fraction of sp³-hybridized carbons (Fsp3) is 0.0667. The minimum Gasteiger partial charge on any atom is -0.397 e. The van der Waals surface area contributed by atoms with Gasteiger partial charge in [-0.3, -0.25) is 0 Å². The molecule has 4 heteroatoms. The first-order valence-electron chi connectivity index (χ1n) is 5.70. The summed E-state index contributed by atoms with van der Waals surface area (Å²) < 4.78 is 0. The Hall–Kier alpha value is -2.98. The smallest absolute Gasteiger partial charge is 0.101 e. The first-order valence-corrected chi connectivity index (χ1v) is 5.70. The number of nitrogen functional groups attached to an aromatic ring is 1. The number of hydrogen-bond donors (Lipinski definition) is 1. The van der Waals surface area contributed by atoms with Gasteiger partial charge in [0.2, 0.25) is 0 Å². The van der Waals surface area contributed by atoms with Gasteiger partial charge >= 0.3 is 0 Å². The van der Waals surface area contributed by atoms with Crippen LogP contribution in [0.2, 0.25) is 0 Å². The van der Waals surface area contributed by atoms with Crippen molar-refractivity contribution < 1.29 is 0 Å². The van der Waals surface area contributed by atoms with Crippen molar-refractivity contribution in [1.82, 2.24) is 0 Å². The molecule has 0 aliphatic rings. The third kappa shape index (κ3) is 2.34. The fourth-order valence-electron chi connectivity index (χ4n) is 1.92. The maximum absolute atomic E-state index is 9.11. The van der Waals surface area contributed by atoms with Crippen molar-refractivity contribution in [3.8, 4) is 12.1 Å². The number of nitrogens with two attached hydrogens (primary N) is 1. The molecular weight excluding hydrogens is 236 g/mol. The van der Waals surface area contributed by atoms with Gasteiger partial charge in [0.25, 0.3) is 0 Å². The average molecular weight is 248 g/mol. The van der Waals surface area contributed by atoms with E-state index in [1.807, 2.05) is 36.2 Å². The second-order valence-electron chi connectivity index (χ2n) is 4.07. The highest BCUT2D eigenvalue weighted by Crippen LogP contribution is 2.31. The van der Waals surface area contributed by atoms with Crippen LogP contribution in [0, 0.1) is 22.7 Å². The molecular formula is C15H12N4. The summed E-state index contributed by atoms with van der Waals surface area (Å²) in [5.41, 5.74) is 9.10. The zero-order valence-corrected chi connectivity index (χ0v) is 10.5. The second kappa shape index (κ2) is 5.12. The Kier molecular flexibility index (Phi) is 3.36. The molecule has 2 aromatic rings. The SMILES string of the molecule is CN(c1ccc(C#N)cc1N)c1ccccc1C#N. The molecule has 0 aromatic heterocycles. The molecule has 0 spiro atoms. The summed E-state index contributed by atoms with van der Waals surface area (Å²) in [6, 6.07) is 16.6. The fourth-order valence-corrected chi connectivity index (χ4v) is 1.92. The van der Waals surface area contributed by atoms with Crippen molar-refractivity contribution >= 4 is 17.1 Å². The molecule has 0 bridgehead atoms. The van der Waals surface area contributed by atoms with E-state index in [0.717, 1.165) is 11.4 Å². The molecule has 0 heterocycles. The molecule has 19 heavy (non-hydrogen) atoms. The van der Waals surface area contributed by atoms with Gasteiger partial charge in [-0.25, -0.2) is 0 Å². The predicted molar refractivity (Wildman–Crippen MR) is 74.8 cm³/mol. The van der Waals surface area contributed by atoms with Crippen LogP contribution in [-0.4, -0.2) is 7.05 Å². The summed E-state index contributed by atoms with van der Waals surface area (Å²) in [5, 5.41) is 17.9. The van der Waals surface area contributed by atoms with E-state index in [2.05, 4.69) is 6.07 Å². The molecule has 0 radical (unpaired) electrons. The number of anilines is 3. The minimum atomic E-state index is 0.509. The Morgan fingerprint density at radius 2 is 1.74 bits per heavy atom. The van der Waals surface area contributed by atoms with Crippen LogP contribution >= 0.6 is 0 Å². The zero-order valence-electron chi connectivity index (χ0n) is 10.5. The van der Waals surface area contributed by atoms with Gasteiger partial charge in [0, 0.05) is 7.05 Å². The molecule has 0 aliphatic heterocycles. The predicted octanol–water partition coefficient (Wildman–Crippen LogP) is 2.78. The van der Waals surface area contributed by atoms with Gasteiger partial charge in [0.05, 0.1) is 34.3 Å². The van der Waals surface area contributed by atoms with Gasteiger partial charge < -0.3 is 10.6 Å². The maximum Gasteiger partial charge on any atom is 0.101 e. The van der Waals surface area contributed by atoms with Gasteiger partial charge in [0.1, 0.15) is 6.07 Å². The van der Waals surface area contributed by atoms with E-state index in [-0.39, 0.29) is 0 Å². The van der Waals surface area contributed by atoms with Crippen LogP contribution < -0.4 is 10.6 Å². The summed E-state index contributed by atoms with van der Waals surface area (Å²) in [5.74, 6) is 0. The lowest BCUT2D eigenvalue weighted by Gasteiger charge is -2.22. The van der Waals surface area contributed by atoms with Crippen molar-refractivity contribution in [3.05, 3.63) is 53.6 Å². The van der Waals surface area contributed by atoms with Crippen LogP contribution in [0.25, 0.3) is 0 Å². The highest BCUT2D eigenvalue weighted by Gasteiger charge is 2.11. The maximum atomic E-state index is 9.11. The molecule has 0 saturated carbocycles. The number of nitrogens with zero attached hydrogens (tertiary/aromatic N) is 3. The zero-order chi connectivity index (χ0) is 13.8. The topological polar surface area (TPSA) is 76.8 Å². The molecule has 0 amide bonds. The lowest BCUT2D eigenvalue weighted by Crippen LogP contribution is -2.13. The van der Waals surface area contributed by atoms with E-state index in [4.69, 9.17) is 16.3 Å². The molecule has 0 fully saturated rings. The van der Waals surface area contributed by atoms with E-state index >= 15 is 0 Å². The van der Waals surface area contributed by atoms with Crippen LogP contribution in [0.3, 0.4) is 0 Å². The monoisotopic (exact) mass is 248 g/mol. The molecule has 0 aliphatic carbocycles. The number of nitriles is 2. The van der Waals surface area contributed by atoms with Crippen molar-refractivity contribution in [2.75, 3.05) is 17.7 Å². The highest BCUT2D eigenvalue weighted by molar-refractivity contribution is 5.77. The van der Waals surface area contributed by atoms with E-state index in [0.29, 0.717) is 16.8 Å². The summed E-state index contributed by atoms with van der Waals surface area (Å²) in [6.45, 7) is 0. The summed E-state index contributed by atoms with van der Waals surface area (Å²) in [6.07, 6.45) is 0. The molecule has 4 nitrogen and oxygen atoms in total. The second-order valence-corrected chi connectivity index (χ2v) is 4.07. The Labute approximate surface area is 111 Å². The van der Waals surface area contributed by atoms with E-state index in [9.17, 15) is 0 Å². The number of rotatable bonds is 2. The van der Waals surface area contributed by atoms with Crippen LogP contribution in [0.1, 0.15) is 11.1 Å². The summed E-state index contributed by atoms with van der Waals surface area (Å²) >= 11 is 0. The number of para-hydroxylation sites is 1. The minimum absolute atomic E-state index is 0.509. The van der Waals surface area contributed by atoms with Gasteiger partial charge in [-0.2, -0.15) is 10.5 Å². The Morgan fingerprint density at radius 3 is 2.37 bits per heavy atom. The Bertz CT molecular complexity index is 692. The van der Waals surface area contributed by atoms with E-state index < -0.39 is 0 Å². The van der Waals surface area contributed by atoms with Crippen molar-refractivity contribution in [1.29, 1.82) is 10.5 Å². The van der Waals surface area contributed by atoms with Crippen molar-refractivity contribution in [2.45, 2.75) is 0 Å². The average Bonchev–Trinajstić information content (AvgIpc) is 2.46. The van der Waals surface area contributed by atoms with Crippen LogP contribution in [0.4, 0.5) is 17.1 Å². The first kappa shape index (κ1) is 12.5. The number of hydrogen-bond acceptors (Lipinski definition) is 4. The standard InChI is InChI=1S/C15H12N4/c1-19(14-5-3-2-4-12(14)10-17)15-7-6-11(9-16)8-13(15)18/h2-8H,18H2,1H3. The van der Waals surface area contributed by atoms with Crippen molar-refractivity contribution in [3.63, 3.8) is 0 Å². The quantitative estimate of drug-likeness (QED) is 0.829. The van der Waals surface area contributed by atoms with Gasteiger partial charge in [-0.15, -0.1) is 0 Å². The first-order chi connectivity index (χ1) is 9.17. The molecule has 2 aromatic carbocycles. The summed E-state index contributed by atoms with van der Waals surface area (Å²) in [4.78, 5) is 1.84.